The van der Waals surface area contributed by atoms with E-state index in [1.54, 1.807) is 0 Å². The summed E-state index contributed by atoms with van der Waals surface area (Å²) in [4.78, 5) is 17.1. The zero-order valence-corrected chi connectivity index (χ0v) is 30.9. The van der Waals surface area contributed by atoms with Gasteiger partial charge in [0.05, 0.1) is 22.2 Å². The van der Waals surface area contributed by atoms with Crippen LogP contribution in [0.5, 0.6) is 0 Å². The van der Waals surface area contributed by atoms with Crippen molar-refractivity contribution in [1.82, 2.24) is 15.0 Å². The molecule has 0 saturated carbocycles. The van der Waals surface area contributed by atoms with E-state index in [4.69, 9.17) is 15.0 Å². The minimum atomic E-state index is 0.918. The minimum Gasteiger partial charge on any atom is -0.311 e. The highest BCUT2D eigenvalue weighted by atomic mass is 15.1. The summed E-state index contributed by atoms with van der Waals surface area (Å²) in [5, 5.41) is 8.06. The van der Waals surface area contributed by atoms with Gasteiger partial charge in [-0.05, 0) is 87.6 Å². The topological polar surface area (TPSA) is 41.9 Å². The van der Waals surface area contributed by atoms with Crippen LogP contribution in [-0.4, -0.2) is 15.0 Å². The molecule has 0 atom stereocenters. The fourth-order valence-electron chi connectivity index (χ4n) is 8.48. The summed E-state index contributed by atoms with van der Waals surface area (Å²) < 4.78 is 0. The summed E-state index contributed by atoms with van der Waals surface area (Å²) in [7, 11) is 0. The molecule has 0 aliphatic rings. The molecule has 0 aliphatic carbocycles. The molecule has 0 unspecified atom stereocenters. The third kappa shape index (κ3) is 5.58. The van der Waals surface area contributed by atoms with Crippen molar-refractivity contribution in [2.24, 2.45) is 0 Å². The Bertz CT molecular complexity index is 3230. The van der Waals surface area contributed by atoms with Crippen molar-refractivity contribution in [2.45, 2.75) is 0 Å². The summed E-state index contributed by atoms with van der Waals surface area (Å²) in [6.07, 6.45) is 3.75. The van der Waals surface area contributed by atoms with Crippen molar-refractivity contribution in [3.05, 3.63) is 207 Å². The number of hydrogen-bond acceptors (Lipinski definition) is 4. The number of para-hydroxylation sites is 3. The Morgan fingerprint density at radius 1 is 0.333 bits per heavy atom. The van der Waals surface area contributed by atoms with Crippen molar-refractivity contribution < 1.29 is 0 Å². The van der Waals surface area contributed by atoms with Crippen molar-refractivity contribution in [2.75, 3.05) is 4.90 Å². The van der Waals surface area contributed by atoms with Gasteiger partial charge in [0.1, 0.15) is 0 Å². The molecule has 4 nitrogen and oxygen atoms in total. The third-order valence-corrected chi connectivity index (χ3v) is 11.1. The van der Waals surface area contributed by atoms with Gasteiger partial charge in [0, 0.05) is 62.0 Å². The van der Waals surface area contributed by atoms with E-state index in [2.05, 4.69) is 193 Å². The lowest BCUT2D eigenvalue weighted by molar-refractivity contribution is 1.28. The minimum absolute atomic E-state index is 0.918. The summed E-state index contributed by atoms with van der Waals surface area (Å²) in [5.74, 6) is 0. The average Bonchev–Trinajstić information content (AvgIpc) is 3.29. The number of fused-ring (bicyclic) bond motifs is 8. The molecule has 0 radical (unpaired) electrons. The fraction of sp³-hybridized carbons (Fsp3) is 0. The van der Waals surface area contributed by atoms with Crippen LogP contribution in [0.25, 0.3) is 87.8 Å². The van der Waals surface area contributed by atoms with Crippen molar-refractivity contribution in [3.63, 3.8) is 0 Å². The van der Waals surface area contributed by atoms with Crippen molar-refractivity contribution in [3.8, 4) is 33.5 Å². The van der Waals surface area contributed by atoms with Crippen molar-refractivity contribution in [1.29, 1.82) is 0 Å². The van der Waals surface area contributed by atoms with E-state index in [1.807, 2.05) is 18.5 Å². The van der Waals surface area contributed by atoms with Crippen LogP contribution in [0, 0.1) is 0 Å². The number of anilines is 3. The SMILES string of the molecule is c1ccc(N(c2ccccc2)c2ccc(-c3ccc(-c4nc5ccccc5c5c4ccc4c(-c6ccnc7c6ccc6cccnc67)cccc45)cc3)cc2)cc1. The number of pyridine rings is 3. The first kappa shape index (κ1) is 32.7. The second-order valence-electron chi connectivity index (χ2n) is 14.4. The standard InChI is InChI=1S/C53H34N4/c1-3-12-39(13-4-1)57(40-14-5-2-6-15-40)41-27-24-36(25-28-41)35-20-22-38(23-21-35)51-48-31-30-43-42(17-9-18-45(43)50(48)47-16-7-8-19-49(47)56-51)44-32-34-55-53-46(44)29-26-37-11-10-33-54-52(37)53/h1-34H. The summed E-state index contributed by atoms with van der Waals surface area (Å²) in [6, 6.07) is 68.9. The summed E-state index contributed by atoms with van der Waals surface area (Å²) >= 11 is 0. The predicted octanol–water partition coefficient (Wildman–Crippen LogP) is 14.1. The first-order chi connectivity index (χ1) is 28.3. The Hall–Kier alpha value is -7.69. The van der Waals surface area contributed by atoms with Crippen LogP contribution in [0.3, 0.4) is 0 Å². The number of nitrogens with zero attached hydrogens (tertiary/aromatic N) is 4. The number of benzene rings is 8. The Morgan fingerprint density at radius 2 is 0.930 bits per heavy atom. The molecule has 0 amide bonds. The molecule has 0 fully saturated rings. The van der Waals surface area contributed by atoms with E-state index in [0.717, 1.165) is 83.1 Å². The third-order valence-electron chi connectivity index (χ3n) is 11.1. The highest BCUT2D eigenvalue weighted by molar-refractivity contribution is 6.25. The van der Waals surface area contributed by atoms with E-state index >= 15 is 0 Å². The Labute approximate surface area is 330 Å². The Balaban J connectivity index is 1.00. The van der Waals surface area contributed by atoms with Crippen molar-refractivity contribution >= 4 is 71.3 Å². The molecule has 3 heterocycles. The zero-order chi connectivity index (χ0) is 37.7. The van der Waals surface area contributed by atoms with Crippen LogP contribution in [0.4, 0.5) is 17.1 Å². The molecule has 8 aromatic carbocycles. The van der Waals surface area contributed by atoms with Crippen LogP contribution in [0.2, 0.25) is 0 Å². The molecule has 266 valence electrons. The first-order valence-electron chi connectivity index (χ1n) is 19.3. The summed E-state index contributed by atoms with van der Waals surface area (Å²) in [5.41, 5.74) is 12.9. The highest BCUT2D eigenvalue weighted by Crippen LogP contribution is 2.42. The molecule has 0 aliphatic heterocycles. The normalized spacial score (nSPS) is 11.5. The maximum atomic E-state index is 5.30. The van der Waals surface area contributed by atoms with Crippen LogP contribution in [-0.2, 0) is 0 Å². The summed E-state index contributed by atoms with van der Waals surface area (Å²) in [6.45, 7) is 0. The molecule has 0 spiro atoms. The zero-order valence-electron chi connectivity index (χ0n) is 30.9. The molecular weight excluding hydrogens is 693 g/mol. The molecule has 0 N–H and O–H groups in total. The number of aromatic nitrogens is 3. The molecule has 0 bridgehead atoms. The molecular formula is C53H34N4. The van der Waals surface area contributed by atoms with Gasteiger partial charge >= 0.3 is 0 Å². The average molecular weight is 727 g/mol. The van der Waals surface area contributed by atoms with E-state index < -0.39 is 0 Å². The molecule has 4 heteroatoms. The molecule has 0 saturated heterocycles. The lowest BCUT2D eigenvalue weighted by Crippen LogP contribution is -2.09. The van der Waals surface area contributed by atoms with Gasteiger partial charge < -0.3 is 4.90 Å². The Morgan fingerprint density at radius 3 is 1.70 bits per heavy atom. The van der Waals surface area contributed by atoms with Crippen LogP contribution in [0.15, 0.2) is 207 Å². The van der Waals surface area contributed by atoms with E-state index in [-0.39, 0.29) is 0 Å². The molecule has 11 rings (SSSR count). The highest BCUT2D eigenvalue weighted by Gasteiger charge is 2.17. The van der Waals surface area contributed by atoms with Gasteiger partial charge in [-0.1, -0.05) is 140 Å². The van der Waals surface area contributed by atoms with Crippen LogP contribution < -0.4 is 4.90 Å². The molecule has 57 heavy (non-hydrogen) atoms. The smallest absolute Gasteiger partial charge is 0.0970 e. The number of rotatable bonds is 6. The van der Waals surface area contributed by atoms with Crippen LogP contribution in [0.1, 0.15) is 0 Å². The van der Waals surface area contributed by atoms with E-state index in [0.29, 0.717) is 0 Å². The maximum Gasteiger partial charge on any atom is 0.0970 e. The molecule has 3 aromatic heterocycles. The lowest BCUT2D eigenvalue weighted by atomic mass is 9.90. The molecule has 11 aromatic rings. The Kier molecular flexibility index (Phi) is 7.78. The van der Waals surface area contributed by atoms with Gasteiger partial charge in [0.15, 0.2) is 0 Å². The largest absolute Gasteiger partial charge is 0.311 e. The van der Waals surface area contributed by atoms with E-state index in [1.165, 1.54) is 21.7 Å². The second kappa shape index (κ2) is 13.6. The first-order valence-corrected chi connectivity index (χ1v) is 19.3. The van der Waals surface area contributed by atoms with Crippen LogP contribution >= 0.6 is 0 Å². The van der Waals surface area contributed by atoms with Gasteiger partial charge in [-0.15, -0.1) is 0 Å². The number of hydrogen-bond donors (Lipinski definition) is 0. The van der Waals surface area contributed by atoms with E-state index in [9.17, 15) is 0 Å². The van der Waals surface area contributed by atoms with Gasteiger partial charge in [-0.25, -0.2) is 4.98 Å². The quantitative estimate of drug-likeness (QED) is 0.160. The fourth-order valence-corrected chi connectivity index (χ4v) is 8.48. The monoisotopic (exact) mass is 726 g/mol. The van der Waals surface area contributed by atoms with Gasteiger partial charge in [-0.2, -0.15) is 0 Å². The predicted molar refractivity (Wildman–Crippen MR) is 238 cm³/mol. The van der Waals surface area contributed by atoms with Gasteiger partial charge in [0.2, 0.25) is 0 Å². The second-order valence-corrected chi connectivity index (χ2v) is 14.4. The maximum absolute atomic E-state index is 5.30. The van der Waals surface area contributed by atoms with Gasteiger partial charge in [-0.3, -0.25) is 9.97 Å². The lowest BCUT2D eigenvalue weighted by Gasteiger charge is -2.25. The van der Waals surface area contributed by atoms with Gasteiger partial charge in [0.25, 0.3) is 0 Å².